The summed E-state index contributed by atoms with van der Waals surface area (Å²) < 4.78 is 0.996. The van der Waals surface area contributed by atoms with Crippen LogP contribution in [0, 0.1) is 6.92 Å². The normalized spacial score (nSPS) is 12.5. The highest BCUT2D eigenvalue weighted by Gasteiger charge is 2.12. The van der Waals surface area contributed by atoms with Gasteiger partial charge in [-0.15, -0.1) is 0 Å². The molecule has 0 aliphatic rings. The lowest BCUT2D eigenvalue weighted by Crippen LogP contribution is -2.04. The lowest BCUT2D eigenvalue weighted by atomic mass is 9.94. The van der Waals surface area contributed by atoms with Crippen molar-refractivity contribution in [2.75, 3.05) is 0 Å². The van der Waals surface area contributed by atoms with Crippen molar-refractivity contribution in [1.29, 1.82) is 0 Å². The van der Waals surface area contributed by atoms with Crippen LogP contribution in [0.25, 0.3) is 0 Å². The number of carboxylic acids is 1. The van der Waals surface area contributed by atoms with Gasteiger partial charge in [-0.3, -0.25) is 4.79 Å². The zero-order valence-corrected chi connectivity index (χ0v) is 9.84. The highest BCUT2D eigenvalue weighted by molar-refractivity contribution is 9.10. The lowest BCUT2D eigenvalue weighted by molar-refractivity contribution is -0.137. The number of carbonyl (C=O) groups is 1. The molecule has 0 amide bonds. The highest BCUT2D eigenvalue weighted by atomic mass is 79.9. The van der Waals surface area contributed by atoms with Gasteiger partial charge in [0.2, 0.25) is 0 Å². The van der Waals surface area contributed by atoms with Crippen LogP contribution in [-0.2, 0) is 4.79 Å². The number of hydrogen-bond donors (Lipinski definition) is 1. The monoisotopic (exact) mass is 256 g/mol. The standard InChI is InChI=1S/C11H13BrO2/c1-7-3-4-9(12)6-10(7)8(2)5-11(13)14/h3-4,6,8H,5H2,1-2H3,(H,13,14). The molecule has 76 valence electrons. The van der Waals surface area contributed by atoms with Crippen LogP contribution in [-0.4, -0.2) is 11.1 Å². The zero-order valence-electron chi connectivity index (χ0n) is 8.25. The maximum atomic E-state index is 10.6. The van der Waals surface area contributed by atoms with Gasteiger partial charge >= 0.3 is 5.97 Å². The van der Waals surface area contributed by atoms with Crippen molar-refractivity contribution in [3.63, 3.8) is 0 Å². The van der Waals surface area contributed by atoms with Crippen molar-refractivity contribution >= 4 is 21.9 Å². The topological polar surface area (TPSA) is 37.3 Å². The molecule has 1 aromatic carbocycles. The van der Waals surface area contributed by atoms with Gasteiger partial charge in [0.15, 0.2) is 0 Å². The number of halogens is 1. The molecule has 0 spiro atoms. The third-order valence-corrected chi connectivity index (χ3v) is 2.75. The Morgan fingerprint density at radius 3 is 2.79 bits per heavy atom. The van der Waals surface area contributed by atoms with E-state index in [1.54, 1.807) is 0 Å². The number of hydrogen-bond acceptors (Lipinski definition) is 1. The fourth-order valence-corrected chi connectivity index (χ4v) is 1.89. The Hall–Kier alpha value is -0.830. The third kappa shape index (κ3) is 2.84. The molecule has 0 saturated carbocycles. The fourth-order valence-electron chi connectivity index (χ4n) is 1.51. The maximum absolute atomic E-state index is 10.6. The number of benzene rings is 1. The molecule has 1 unspecified atom stereocenters. The second-order valence-electron chi connectivity index (χ2n) is 3.50. The van der Waals surface area contributed by atoms with E-state index in [9.17, 15) is 4.79 Å². The lowest BCUT2D eigenvalue weighted by Gasteiger charge is -2.12. The first-order valence-electron chi connectivity index (χ1n) is 4.48. The van der Waals surface area contributed by atoms with Gasteiger partial charge in [-0.2, -0.15) is 0 Å². The number of carboxylic acid groups (broad SMARTS) is 1. The van der Waals surface area contributed by atoms with E-state index in [-0.39, 0.29) is 12.3 Å². The minimum absolute atomic E-state index is 0.0602. The predicted molar refractivity (Wildman–Crippen MR) is 59.5 cm³/mol. The van der Waals surface area contributed by atoms with E-state index in [2.05, 4.69) is 15.9 Å². The Balaban J connectivity index is 2.93. The van der Waals surface area contributed by atoms with Crippen molar-refractivity contribution in [3.05, 3.63) is 33.8 Å². The first kappa shape index (κ1) is 11.2. The molecular formula is C11H13BrO2. The van der Waals surface area contributed by atoms with Gasteiger partial charge in [0.1, 0.15) is 0 Å². The number of aliphatic carboxylic acids is 1. The van der Waals surface area contributed by atoms with Crippen molar-refractivity contribution in [2.24, 2.45) is 0 Å². The smallest absolute Gasteiger partial charge is 0.303 e. The van der Waals surface area contributed by atoms with Crippen molar-refractivity contribution in [2.45, 2.75) is 26.2 Å². The van der Waals surface area contributed by atoms with Crippen LogP contribution in [0.1, 0.15) is 30.4 Å². The van der Waals surface area contributed by atoms with Crippen LogP contribution in [0.4, 0.5) is 0 Å². The summed E-state index contributed by atoms with van der Waals surface area (Å²) in [4.78, 5) is 10.6. The van der Waals surface area contributed by atoms with Crippen LogP contribution in [0.2, 0.25) is 0 Å². The maximum Gasteiger partial charge on any atom is 0.303 e. The highest BCUT2D eigenvalue weighted by Crippen LogP contribution is 2.25. The molecule has 2 nitrogen and oxygen atoms in total. The van der Waals surface area contributed by atoms with E-state index in [1.807, 2.05) is 32.0 Å². The molecular weight excluding hydrogens is 244 g/mol. The fraction of sp³-hybridized carbons (Fsp3) is 0.364. The predicted octanol–water partition coefficient (Wildman–Crippen LogP) is 3.34. The van der Waals surface area contributed by atoms with Crippen molar-refractivity contribution < 1.29 is 9.90 Å². The average Bonchev–Trinajstić information content (AvgIpc) is 2.08. The summed E-state index contributed by atoms with van der Waals surface area (Å²) >= 11 is 3.38. The quantitative estimate of drug-likeness (QED) is 0.901. The Morgan fingerprint density at radius 2 is 2.21 bits per heavy atom. The third-order valence-electron chi connectivity index (χ3n) is 2.25. The van der Waals surface area contributed by atoms with Crippen LogP contribution in [0.3, 0.4) is 0 Å². The van der Waals surface area contributed by atoms with Gasteiger partial charge in [-0.1, -0.05) is 28.9 Å². The van der Waals surface area contributed by atoms with Crippen LogP contribution >= 0.6 is 15.9 Å². The summed E-state index contributed by atoms with van der Waals surface area (Å²) in [5.74, 6) is -0.693. The van der Waals surface area contributed by atoms with E-state index < -0.39 is 5.97 Å². The number of aryl methyl sites for hydroxylation is 1. The summed E-state index contributed by atoms with van der Waals surface area (Å²) in [6, 6.07) is 5.95. The summed E-state index contributed by atoms with van der Waals surface area (Å²) in [5, 5.41) is 8.69. The second kappa shape index (κ2) is 4.60. The summed E-state index contributed by atoms with van der Waals surface area (Å²) in [7, 11) is 0. The minimum atomic E-state index is -0.753. The molecule has 0 radical (unpaired) electrons. The molecule has 3 heteroatoms. The molecule has 0 fully saturated rings. The zero-order chi connectivity index (χ0) is 10.7. The average molecular weight is 257 g/mol. The molecule has 0 saturated heterocycles. The molecule has 0 aliphatic heterocycles. The Kier molecular flexibility index (Phi) is 3.69. The van der Waals surface area contributed by atoms with Gasteiger partial charge < -0.3 is 5.11 Å². The second-order valence-corrected chi connectivity index (χ2v) is 4.42. The first-order valence-corrected chi connectivity index (χ1v) is 5.28. The van der Waals surface area contributed by atoms with E-state index in [1.165, 1.54) is 0 Å². The molecule has 14 heavy (non-hydrogen) atoms. The van der Waals surface area contributed by atoms with Crippen molar-refractivity contribution in [3.8, 4) is 0 Å². The van der Waals surface area contributed by atoms with E-state index in [4.69, 9.17) is 5.11 Å². The van der Waals surface area contributed by atoms with Crippen LogP contribution in [0.5, 0.6) is 0 Å². The molecule has 1 atom stereocenters. The van der Waals surface area contributed by atoms with E-state index >= 15 is 0 Å². The summed E-state index contributed by atoms with van der Waals surface area (Å²) in [6.07, 6.45) is 0.178. The molecule has 1 N–H and O–H groups in total. The Bertz CT molecular complexity index is 347. The van der Waals surface area contributed by atoms with Gasteiger partial charge in [0.05, 0.1) is 6.42 Å². The summed E-state index contributed by atoms with van der Waals surface area (Å²) in [6.45, 7) is 3.93. The summed E-state index contributed by atoms with van der Waals surface area (Å²) in [5.41, 5.74) is 2.24. The van der Waals surface area contributed by atoms with Gasteiger partial charge in [-0.25, -0.2) is 0 Å². The molecule has 1 aromatic rings. The molecule has 0 aromatic heterocycles. The van der Waals surface area contributed by atoms with E-state index in [0.717, 1.165) is 15.6 Å². The van der Waals surface area contributed by atoms with Gasteiger partial charge in [0.25, 0.3) is 0 Å². The molecule has 0 bridgehead atoms. The van der Waals surface area contributed by atoms with Crippen LogP contribution in [0.15, 0.2) is 22.7 Å². The number of rotatable bonds is 3. The largest absolute Gasteiger partial charge is 0.481 e. The Labute approximate surface area is 92.1 Å². The van der Waals surface area contributed by atoms with Gasteiger partial charge in [0, 0.05) is 4.47 Å². The molecule has 1 rings (SSSR count). The first-order chi connectivity index (χ1) is 6.50. The van der Waals surface area contributed by atoms with Crippen LogP contribution < -0.4 is 0 Å². The van der Waals surface area contributed by atoms with Gasteiger partial charge in [-0.05, 0) is 36.1 Å². The minimum Gasteiger partial charge on any atom is -0.481 e. The van der Waals surface area contributed by atoms with E-state index in [0.29, 0.717) is 0 Å². The Morgan fingerprint density at radius 1 is 1.57 bits per heavy atom. The van der Waals surface area contributed by atoms with Crippen molar-refractivity contribution in [1.82, 2.24) is 0 Å². The molecule has 0 aliphatic carbocycles. The SMILES string of the molecule is Cc1ccc(Br)cc1C(C)CC(=O)O. The molecule has 0 heterocycles.